The molecule has 4 atom stereocenters. The van der Waals surface area contributed by atoms with Crippen LogP contribution in [0.25, 0.3) is 0 Å². The second-order valence-corrected chi connectivity index (χ2v) is 2.80. The molecule has 0 aromatic rings. The summed E-state index contributed by atoms with van der Waals surface area (Å²) in [6, 6.07) is 0. The van der Waals surface area contributed by atoms with Gasteiger partial charge in [-0.25, -0.2) is 0 Å². The molecule has 0 saturated carbocycles. The number of ether oxygens (including phenoxy) is 2. The molecule has 1 saturated heterocycles. The molecule has 1 aliphatic heterocycles. The van der Waals surface area contributed by atoms with Gasteiger partial charge < -0.3 is 19.7 Å². The Morgan fingerprint density at radius 1 is 1.45 bits per heavy atom. The Bertz CT molecular complexity index is 128. The lowest BCUT2D eigenvalue weighted by Gasteiger charge is -2.34. The van der Waals surface area contributed by atoms with Crippen molar-refractivity contribution >= 4 is 0 Å². The van der Waals surface area contributed by atoms with Gasteiger partial charge in [-0.2, -0.15) is 0 Å². The van der Waals surface area contributed by atoms with Gasteiger partial charge in [-0.15, -0.1) is 0 Å². The minimum atomic E-state index is -0.807. The largest absolute Gasteiger partial charge is 0.388 e. The van der Waals surface area contributed by atoms with E-state index in [-0.39, 0.29) is 12.2 Å². The molecule has 0 aliphatic carbocycles. The summed E-state index contributed by atoms with van der Waals surface area (Å²) in [6.45, 7) is 1.71. The zero-order valence-electron chi connectivity index (χ0n) is 6.73. The molecular formula is C7H14O4. The van der Waals surface area contributed by atoms with Crippen molar-refractivity contribution in [3.05, 3.63) is 0 Å². The number of hydrogen-bond acceptors (Lipinski definition) is 4. The molecule has 66 valence electrons. The number of methoxy groups -OCH3 is 1. The molecule has 0 bridgehead atoms. The minimum absolute atomic E-state index is 0.311. The first kappa shape index (κ1) is 8.93. The Hall–Kier alpha value is -0.160. The van der Waals surface area contributed by atoms with Crippen LogP contribution in [0.1, 0.15) is 13.3 Å². The fraction of sp³-hybridized carbons (Fsp3) is 1.00. The molecule has 11 heavy (non-hydrogen) atoms. The predicted octanol–water partition coefficient (Wildman–Crippen LogP) is -0.510. The maximum atomic E-state index is 9.39. The molecule has 4 nitrogen and oxygen atoms in total. The molecule has 0 aromatic carbocycles. The highest BCUT2D eigenvalue weighted by Gasteiger charge is 2.34. The monoisotopic (exact) mass is 162 g/mol. The minimum Gasteiger partial charge on any atom is -0.388 e. The zero-order valence-corrected chi connectivity index (χ0v) is 6.73. The van der Waals surface area contributed by atoms with E-state index in [9.17, 15) is 5.11 Å². The van der Waals surface area contributed by atoms with E-state index in [1.54, 1.807) is 6.92 Å². The normalized spacial score (nSPS) is 45.8. The molecule has 1 aliphatic rings. The Morgan fingerprint density at radius 2 is 2.09 bits per heavy atom. The van der Waals surface area contributed by atoms with Crippen molar-refractivity contribution in [1.29, 1.82) is 0 Å². The maximum Gasteiger partial charge on any atom is 0.157 e. The third kappa shape index (κ3) is 1.90. The summed E-state index contributed by atoms with van der Waals surface area (Å²) >= 11 is 0. The third-order valence-electron chi connectivity index (χ3n) is 1.97. The van der Waals surface area contributed by atoms with Crippen LogP contribution in [0.15, 0.2) is 0 Å². The van der Waals surface area contributed by atoms with Gasteiger partial charge in [0.05, 0.1) is 12.2 Å². The summed E-state index contributed by atoms with van der Waals surface area (Å²) in [4.78, 5) is 0. The van der Waals surface area contributed by atoms with Crippen LogP contribution in [0.4, 0.5) is 0 Å². The quantitative estimate of drug-likeness (QED) is 0.545. The SMILES string of the molecule is CO[C@@H]1C[C@@H](O)O[C@H](C)[C@@H]1O. The summed E-state index contributed by atoms with van der Waals surface area (Å²) in [5.74, 6) is 0. The zero-order chi connectivity index (χ0) is 8.43. The highest BCUT2D eigenvalue weighted by atomic mass is 16.6. The number of rotatable bonds is 1. The van der Waals surface area contributed by atoms with E-state index in [0.29, 0.717) is 6.42 Å². The lowest BCUT2D eigenvalue weighted by atomic mass is 10.0. The van der Waals surface area contributed by atoms with E-state index in [0.717, 1.165) is 0 Å². The van der Waals surface area contributed by atoms with Crippen LogP contribution in [-0.2, 0) is 9.47 Å². The first-order valence-corrected chi connectivity index (χ1v) is 3.69. The molecule has 1 rings (SSSR count). The molecule has 1 heterocycles. The summed E-state index contributed by atoms with van der Waals surface area (Å²) in [5.41, 5.74) is 0. The Balaban J connectivity index is 2.51. The fourth-order valence-electron chi connectivity index (χ4n) is 1.26. The smallest absolute Gasteiger partial charge is 0.157 e. The lowest BCUT2D eigenvalue weighted by Crippen LogP contribution is -2.47. The molecular weight excluding hydrogens is 148 g/mol. The van der Waals surface area contributed by atoms with Crippen molar-refractivity contribution in [3.63, 3.8) is 0 Å². The topological polar surface area (TPSA) is 58.9 Å². The Labute approximate surface area is 65.7 Å². The Morgan fingerprint density at radius 3 is 2.64 bits per heavy atom. The first-order valence-electron chi connectivity index (χ1n) is 3.69. The van der Waals surface area contributed by atoms with E-state index >= 15 is 0 Å². The number of aliphatic hydroxyl groups is 2. The average molecular weight is 162 g/mol. The van der Waals surface area contributed by atoms with Crippen LogP contribution in [0, 0.1) is 0 Å². The van der Waals surface area contributed by atoms with Crippen molar-refractivity contribution < 1.29 is 19.7 Å². The molecule has 2 N–H and O–H groups in total. The van der Waals surface area contributed by atoms with E-state index < -0.39 is 12.4 Å². The summed E-state index contributed by atoms with van der Waals surface area (Å²) < 4.78 is 9.91. The van der Waals surface area contributed by atoms with Gasteiger partial charge in [0, 0.05) is 13.5 Å². The van der Waals surface area contributed by atoms with Gasteiger partial charge in [0.15, 0.2) is 6.29 Å². The van der Waals surface area contributed by atoms with Crippen molar-refractivity contribution in [2.75, 3.05) is 7.11 Å². The van der Waals surface area contributed by atoms with Crippen molar-refractivity contribution in [2.45, 2.75) is 37.9 Å². The van der Waals surface area contributed by atoms with Crippen LogP contribution >= 0.6 is 0 Å². The predicted molar refractivity (Wildman–Crippen MR) is 38.0 cm³/mol. The number of hydrogen-bond donors (Lipinski definition) is 2. The second-order valence-electron chi connectivity index (χ2n) is 2.80. The standard InChI is InChI=1S/C7H14O4/c1-4-7(9)5(10-2)3-6(8)11-4/h4-9H,3H2,1-2H3/t4-,5-,6+,7+/m1/s1. The second kappa shape index (κ2) is 3.49. The Kier molecular flexibility index (Phi) is 2.84. The van der Waals surface area contributed by atoms with E-state index in [2.05, 4.69) is 0 Å². The van der Waals surface area contributed by atoms with E-state index in [4.69, 9.17) is 14.6 Å². The van der Waals surface area contributed by atoms with Crippen LogP contribution in [0.5, 0.6) is 0 Å². The summed E-state index contributed by atoms with van der Waals surface area (Å²) in [5, 5.41) is 18.5. The van der Waals surface area contributed by atoms with Crippen LogP contribution < -0.4 is 0 Å². The fourth-order valence-corrected chi connectivity index (χ4v) is 1.26. The van der Waals surface area contributed by atoms with Crippen molar-refractivity contribution in [3.8, 4) is 0 Å². The number of aliphatic hydroxyl groups excluding tert-OH is 2. The molecule has 0 spiro atoms. The molecule has 0 radical (unpaired) electrons. The van der Waals surface area contributed by atoms with Crippen molar-refractivity contribution in [1.82, 2.24) is 0 Å². The van der Waals surface area contributed by atoms with Gasteiger partial charge >= 0.3 is 0 Å². The lowest BCUT2D eigenvalue weighted by molar-refractivity contribution is -0.231. The highest BCUT2D eigenvalue weighted by Crippen LogP contribution is 2.20. The van der Waals surface area contributed by atoms with Gasteiger partial charge in [-0.3, -0.25) is 0 Å². The third-order valence-corrected chi connectivity index (χ3v) is 1.97. The molecule has 1 fully saturated rings. The van der Waals surface area contributed by atoms with Gasteiger partial charge in [0.1, 0.15) is 6.10 Å². The van der Waals surface area contributed by atoms with E-state index in [1.165, 1.54) is 7.11 Å². The first-order chi connectivity index (χ1) is 5.15. The average Bonchev–Trinajstić information content (AvgIpc) is 1.96. The van der Waals surface area contributed by atoms with Gasteiger partial charge in [-0.1, -0.05) is 0 Å². The molecule has 0 unspecified atom stereocenters. The van der Waals surface area contributed by atoms with Crippen molar-refractivity contribution in [2.24, 2.45) is 0 Å². The maximum absolute atomic E-state index is 9.39. The van der Waals surface area contributed by atoms with Gasteiger partial charge in [-0.05, 0) is 6.92 Å². The summed E-state index contributed by atoms with van der Waals surface area (Å²) in [6.07, 6.45) is -1.78. The molecule has 4 heteroatoms. The molecule has 0 amide bonds. The van der Waals surface area contributed by atoms with Gasteiger partial charge in [0.2, 0.25) is 0 Å². The summed E-state index contributed by atoms with van der Waals surface area (Å²) in [7, 11) is 1.51. The van der Waals surface area contributed by atoms with Crippen LogP contribution in [-0.4, -0.2) is 41.9 Å². The van der Waals surface area contributed by atoms with Crippen LogP contribution in [0.2, 0.25) is 0 Å². The molecule has 0 aromatic heterocycles. The van der Waals surface area contributed by atoms with Crippen LogP contribution in [0.3, 0.4) is 0 Å². The van der Waals surface area contributed by atoms with Gasteiger partial charge in [0.25, 0.3) is 0 Å². The van der Waals surface area contributed by atoms with E-state index in [1.807, 2.05) is 0 Å². The highest BCUT2D eigenvalue weighted by molar-refractivity contribution is 4.80.